The maximum Gasteiger partial charge on any atom is 0.275 e. The summed E-state index contributed by atoms with van der Waals surface area (Å²) in [7, 11) is 0. The third kappa shape index (κ3) is 5.18. The van der Waals surface area contributed by atoms with Crippen molar-refractivity contribution in [3.05, 3.63) is 54.1 Å². The third-order valence-electron chi connectivity index (χ3n) is 4.89. The fourth-order valence-corrected chi connectivity index (χ4v) is 3.53. The van der Waals surface area contributed by atoms with Crippen LogP contribution in [0.1, 0.15) is 59.4 Å². The van der Waals surface area contributed by atoms with Crippen molar-refractivity contribution >= 4 is 0 Å². The molecule has 0 amide bonds. The fourth-order valence-electron chi connectivity index (χ4n) is 3.53. The highest BCUT2D eigenvalue weighted by Gasteiger charge is 2.30. The third-order valence-corrected chi connectivity index (χ3v) is 4.89. The van der Waals surface area contributed by atoms with Gasteiger partial charge >= 0.3 is 0 Å². The van der Waals surface area contributed by atoms with Crippen LogP contribution in [-0.2, 0) is 0 Å². The van der Waals surface area contributed by atoms with E-state index in [0.29, 0.717) is 12.5 Å². The second kappa shape index (κ2) is 7.46. The lowest BCUT2D eigenvalue weighted by molar-refractivity contribution is -0.0480. The van der Waals surface area contributed by atoms with E-state index in [0.717, 1.165) is 23.7 Å². The Kier molecular flexibility index (Phi) is 5.41. The van der Waals surface area contributed by atoms with Crippen molar-refractivity contribution in [2.45, 2.75) is 60.2 Å². The van der Waals surface area contributed by atoms with Gasteiger partial charge in [0.2, 0.25) is 0 Å². The molecular weight excluding hydrogens is 336 g/mol. The van der Waals surface area contributed by atoms with Crippen molar-refractivity contribution in [2.24, 2.45) is 10.8 Å². The molecule has 3 heteroatoms. The number of para-hydroxylation sites is 2. The van der Waals surface area contributed by atoms with Crippen LogP contribution in [0.4, 0.5) is 0 Å². The molecule has 0 fully saturated rings. The first kappa shape index (κ1) is 19.6. The van der Waals surface area contributed by atoms with Crippen molar-refractivity contribution < 1.29 is 14.2 Å². The van der Waals surface area contributed by atoms with Crippen molar-refractivity contribution in [1.29, 1.82) is 0 Å². The average molecular weight is 369 g/mol. The van der Waals surface area contributed by atoms with Crippen LogP contribution in [0.5, 0.6) is 17.2 Å². The molecule has 0 saturated carbocycles. The number of ether oxygens (including phenoxy) is 3. The standard InChI is InChI=1S/C24H32O3/c1-23(2,3)15-19(24(4,5)6)17-11-13-18(14-12-17)26-22-16-25-20-9-7-8-10-21(20)27-22/h7-14,19,22H,15-16H2,1-6H3. The van der Waals surface area contributed by atoms with Crippen LogP contribution in [0.15, 0.2) is 48.5 Å². The molecule has 2 atom stereocenters. The molecule has 0 aliphatic carbocycles. The summed E-state index contributed by atoms with van der Waals surface area (Å²) >= 11 is 0. The summed E-state index contributed by atoms with van der Waals surface area (Å²) in [6.45, 7) is 14.3. The average Bonchev–Trinajstić information content (AvgIpc) is 2.59. The van der Waals surface area contributed by atoms with E-state index in [1.54, 1.807) is 0 Å². The molecule has 2 aromatic rings. The van der Waals surface area contributed by atoms with Gasteiger partial charge in [-0.05, 0) is 53.0 Å². The zero-order chi connectivity index (χ0) is 19.7. The maximum absolute atomic E-state index is 5.99. The zero-order valence-corrected chi connectivity index (χ0v) is 17.4. The maximum atomic E-state index is 5.99. The Morgan fingerprint density at radius 1 is 0.926 bits per heavy atom. The van der Waals surface area contributed by atoms with E-state index in [4.69, 9.17) is 14.2 Å². The van der Waals surface area contributed by atoms with E-state index < -0.39 is 6.29 Å². The number of hydrogen-bond acceptors (Lipinski definition) is 3. The summed E-state index contributed by atoms with van der Waals surface area (Å²) in [5, 5.41) is 0. The molecule has 27 heavy (non-hydrogen) atoms. The monoisotopic (exact) mass is 368 g/mol. The molecule has 2 aromatic carbocycles. The summed E-state index contributed by atoms with van der Waals surface area (Å²) in [6, 6.07) is 16.1. The van der Waals surface area contributed by atoms with Gasteiger partial charge in [-0.2, -0.15) is 0 Å². The van der Waals surface area contributed by atoms with Crippen LogP contribution >= 0.6 is 0 Å². The van der Waals surface area contributed by atoms with Gasteiger partial charge in [-0.1, -0.05) is 65.8 Å². The predicted molar refractivity (Wildman–Crippen MR) is 110 cm³/mol. The molecule has 0 bridgehead atoms. The van der Waals surface area contributed by atoms with Crippen molar-refractivity contribution in [1.82, 2.24) is 0 Å². The Balaban J connectivity index is 1.70. The van der Waals surface area contributed by atoms with Gasteiger partial charge in [-0.25, -0.2) is 0 Å². The van der Waals surface area contributed by atoms with E-state index in [1.165, 1.54) is 5.56 Å². The quantitative estimate of drug-likeness (QED) is 0.622. The highest BCUT2D eigenvalue weighted by Crippen LogP contribution is 2.43. The van der Waals surface area contributed by atoms with Crippen LogP contribution in [0.3, 0.4) is 0 Å². The number of hydrogen-bond donors (Lipinski definition) is 0. The first-order valence-corrected chi connectivity index (χ1v) is 9.77. The lowest BCUT2D eigenvalue weighted by atomic mass is 9.69. The Labute approximate surface area is 163 Å². The first-order valence-electron chi connectivity index (χ1n) is 9.77. The minimum atomic E-state index is -0.432. The Bertz CT molecular complexity index is 750. The fraction of sp³-hybridized carbons (Fsp3) is 0.500. The highest BCUT2D eigenvalue weighted by atomic mass is 16.7. The second-order valence-electron chi connectivity index (χ2n) is 9.68. The molecule has 0 radical (unpaired) electrons. The molecule has 0 N–H and O–H groups in total. The van der Waals surface area contributed by atoms with Gasteiger partial charge in [-0.15, -0.1) is 0 Å². The largest absolute Gasteiger partial charge is 0.482 e. The molecule has 1 heterocycles. The van der Waals surface area contributed by atoms with Crippen LogP contribution in [0, 0.1) is 10.8 Å². The Morgan fingerprint density at radius 3 is 2.15 bits per heavy atom. The number of benzene rings is 2. The van der Waals surface area contributed by atoms with Crippen molar-refractivity contribution in [3.8, 4) is 17.2 Å². The van der Waals surface area contributed by atoms with E-state index in [-0.39, 0.29) is 10.8 Å². The highest BCUT2D eigenvalue weighted by molar-refractivity contribution is 5.40. The smallest absolute Gasteiger partial charge is 0.275 e. The van der Waals surface area contributed by atoms with Crippen molar-refractivity contribution in [3.63, 3.8) is 0 Å². The molecule has 0 spiro atoms. The summed E-state index contributed by atoms with van der Waals surface area (Å²) in [5.74, 6) is 2.79. The van der Waals surface area contributed by atoms with Gasteiger partial charge in [0.1, 0.15) is 5.75 Å². The van der Waals surface area contributed by atoms with E-state index in [1.807, 2.05) is 36.4 Å². The van der Waals surface area contributed by atoms with Crippen LogP contribution in [-0.4, -0.2) is 12.9 Å². The second-order valence-corrected chi connectivity index (χ2v) is 9.68. The van der Waals surface area contributed by atoms with Gasteiger partial charge in [0.15, 0.2) is 18.1 Å². The molecular formula is C24H32O3. The molecule has 3 nitrogen and oxygen atoms in total. The normalized spacial score (nSPS) is 18.1. The van der Waals surface area contributed by atoms with E-state index in [2.05, 4.69) is 53.7 Å². The zero-order valence-electron chi connectivity index (χ0n) is 17.4. The summed E-state index contributed by atoms with van der Waals surface area (Å²) in [4.78, 5) is 0. The topological polar surface area (TPSA) is 27.7 Å². The Hall–Kier alpha value is -2.16. The number of rotatable bonds is 4. The molecule has 1 aliphatic heterocycles. The first-order chi connectivity index (χ1) is 12.6. The molecule has 3 rings (SSSR count). The van der Waals surface area contributed by atoms with Crippen molar-refractivity contribution in [2.75, 3.05) is 6.61 Å². The Morgan fingerprint density at radius 2 is 1.56 bits per heavy atom. The van der Waals surface area contributed by atoms with Gasteiger partial charge < -0.3 is 14.2 Å². The van der Waals surface area contributed by atoms with Gasteiger partial charge in [0.05, 0.1) is 0 Å². The van der Waals surface area contributed by atoms with Gasteiger partial charge in [0.25, 0.3) is 6.29 Å². The molecule has 0 aromatic heterocycles. The van der Waals surface area contributed by atoms with Gasteiger partial charge in [0, 0.05) is 0 Å². The predicted octanol–water partition coefficient (Wildman–Crippen LogP) is 6.43. The van der Waals surface area contributed by atoms with E-state index in [9.17, 15) is 0 Å². The lowest BCUT2D eigenvalue weighted by Crippen LogP contribution is -2.34. The summed E-state index contributed by atoms with van der Waals surface area (Å²) < 4.78 is 17.6. The summed E-state index contributed by atoms with van der Waals surface area (Å²) in [5.41, 5.74) is 1.85. The molecule has 1 aliphatic rings. The van der Waals surface area contributed by atoms with Gasteiger partial charge in [-0.3, -0.25) is 0 Å². The van der Waals surface area contributed by atoms with Crippen LogP contribution in [0.2, 0.25) is 0 Å². The SMILES string of the molecule is CC(C)(C)CC(c1ccc(OC2COc3ccccc3O2)cc1)C(C)(C)C. The van der Waals surface area contributed by atoms with Crippen LogP contribution < -0.4 is 14.2 Å². The van der Waals surface area contributed by atoms with E-state index >= 15 is 0 Å². The molecule has 0 saturated heterocycles. The lowest BCUT2D eigenvalue weighted by Gasteiger charge is -2.36. The molecule has 146 valence electrons. The van der Waals surface area contributed by atoms with Crippen LogP contribution in [0.25, 0.3) is 0 Å². The minimum absolute atomic E-state index is 0.208. The number of fused-ring (bicyclic) bond motifs is 1. The summed E-state index contributed by atoms with van der Waals surface area (Å²) in [6.07, 6.45) is 0.714. The molecule has 2 unspecified atom stereocenters. The minimum Gasteiger partial charge on any atom is -0.482 e.